The van der Waals surface area contributed by atoms with E-state index < -0.39 is 0 Å². The van der Waals surface area contributed by atoms with E-state index in [1.54, 1.807) is 0 Å². The van der Waals surface area contributed by atoms with Crippen LogP contribution in [-0.4, -0.2) is 7.05 Å². The number of rotatable bonds is 3. The molecule has 3 rings (SSSR count). The van der Waals surface area contributed by atoms with E-state index in [0.29, 0.717) is 10.6 Å². The van der Waals surface area contributed by atoms with Crippen molar-refractivity contribution in [3.05, 3.63) is 58.1 Å². The van der Waals surface area contributed by atoms with Crippen molar-refractivity contribution in [1.29, 1.82) is 0 Å². The Labute approximate surface area is 127 Å². The molecule has 0 bridgehead atoms. The van der Waals surface area contributed by atoms with Gasteiger partial charge in [-0.1, -0.05) is 47.5 Å². The second-order valence-electron chi connectivity index (χ2n) is 4.61. The summed E-state index contributed by atoms with van der Waals surface area (Å²) >= 11 is 12.4. The van der Waals surface area contributed by atoms with E-state index in [4.69, 9.17) is 27.6 Å². The fourth-order valence-corrected chi connectivity index (χ4v) is 2.67. The third kappa shape index (κ3) is 2.42. The fourth-order valence-electron chi connectivity index (χ4n) is 2.20. The predicted octanol–water partition coefficient (Wildman–Crippen LogP) is 5.13. The standard InChI is InChI=1S/C16H13Cl2NO/c1-19-9-12-6-5-10(7-14(12)18)15-8-11-3-2-4-13(17)16(11)20-15/h2-8,19H,9H2,1H3. The van der Waals surface area contributed by atoms with E-state index in [9.17, 15) is 0 Å². The predicted molar refractivity (Wildman–Crippen MR) is 84.4 cm³/mol. The number of benzene rings is 2. The molecule has 2 nitrogen and oxygen atoms in total. The van der Waals surface area contributed by atoms with E-state index >= 15 is 0 Å². The van der Waals surface area contributed by atoms with Gasteiger partial charge in [0, 0.05) is 22.5 Å². The Balaban J connectivity index is 2.06. The van der Waals surface area contributed by atoms with Crippen LogP contribution in [0, 0.1) is 0 Å². The zero-order valence-electron chi connectivity index (χ0n) is 10.9. The Morgan fingerprint density at radius 3 is 2.60 bits per heavy atom. The minimum atomic E-state index is 0.617. The molecule has 0 aliphatic heterocycles. The van der Waals surface area contributed by atoms with Crippen LogP contribution in [0.15, 0.2) is 46.9 Å². The Hall–Kier alpha value is -1.48. The van der Waals surface area contributed by atoms with Crippen molar-refractivity contribution in [3.63, 3.8) is 0 Å². The summed E-state index contributed by atoms with van der Waals surface area (Å²) in [5.41, 5.74) is 2.72. The van der Waals surface area contributed by atoms with Crippen LogP contribution in [0.4, 0.5) is 0 Å². The van der Waals surface area contributed by atoms with E-state index in [0.717, 1.165) is 33.8 Å². The van der Waals surface area contributed by atoms with Gasteiger partial charge in [-0.3, -0.25) is 0 Å². The molecule has 0 aliphatic rings. The molecule has 4 heteroatoms. The first kappa shape index (κ1) is 13.5. The van der Waals surface area contributed by atoms with Crippen molar-refractivity contribution in [2.75, 3.05) is 7.05 Å². The molecular weight excluding hydrogens is 293 g/mol. The highest BCUT2D eigenvalue weighted by Gasteiger charge is 2.10. The molecule has 0 spiro atoms. The highest BCUT2D eigenvalue weighted by molar-refractivity contribution is 6.35. The van der Waals surface area contributed by atoms with Gasteiger partial charge in [-0.25, -0.2) is 0 Å². The van der Waals surface area contributed by atoms with Gasteiger partial charge in [0.2, 0.25) is 0 Å². The van der Waals surface area contributed by atoms with Crippen LogP contribution < -0.4 is 5.32 Å². The first-order valence-corrected chi connectivity index (χ1v) is 7.06. The highest BCUT2D eigenvalue weighted by atomic mass is 35.5. The van der Waals surface area contributed by atoms with Gasteiger partial charge in [-0.15, -0.1) is 0 Å². The summed E-state index contributed by atoms with van der Waals surface area (Å²) < 4.78 is 5.83. The van der Waals surface area contributed by atoms with Crippen molar-refractivity contribution in [1.82, 2.24) is 5.32 Å². The molecule has 0 unspecified atom stereocenters. The van der Waals surface area contributed by atoms with Gasteiger partial charge in [0.05, 0.1) is 5.02 Å². The molecule has 0 radical (unpaired) electrons. The van der Waals surface area contributed by atoms with Crippen molar-refractivity contribution in [2.24, 2.45) is 0 Å². The van der Waals surface area contributed by atoms with Gasteiger partial charge in [0.25, 0.3) is 0 Å². The van der Waals surface area contributed by atoms with Crippen LogP contribution in [0.2, 0.25) is 10.0 Å². The normalized spacial score (nSPS) is 11.2. The molecule has 3 aromatic rings. The molecule has 0 saturated heterocycles. The summed E-state index contributed by atoms with van der Waals surface area (Å²) in [6.07, 6.45) is 0. The Morgan fingerprint density at radius 1 is 1.05 bits per heavy atom. The van der Waals surface area contributed by atoms with Crippen LogP contribution in [0.25, 0.3) is 22.3 Å². The molecule has 2 aromatic carbocycles. The molecular formula is C16H13Cl2NO. The van der Waals surface area contributed by atoms with Crippen molar-refractivity contribution in [2.45, 2.75) is 6.54 Å². The van der Waals surface area contributed by atoms with Crippen LogP contribution in [0.3, 0.4) is 0 Å². The monoisotopic (exact) mass is 305 g/mol. The molecule has 1 heterocycles. The largest absolute Gasteiger partial charge is 0.455 e. The van der Waals surface area contributed by atoms with Crippen LogP contribution in [0.1, 0.15) is 5.56 Å². The SMILES string of the molecule is CNCc1ccc(-c2cc3cccc(Cl)c3o2)cc1Cl. The highest BCUT2D eigenvalue weighted by Crippen LogP contribution is 2.33. The molecule has 1 N–H and O–H groups in total. The third-order valence-corrected chi connectivity index (χ3v) is 3.85. The van der Waals surface area contributed by atoms with Gasteiger partial charge < -0.3 is 9.73 Å². The maximum absolute atomic E-state index is 6.28. The lowest BCUT2D eigenvalue weighted by atomic mass is 10.1. The lowest BCUT2D eigenvalue weighted by Crippen LogP contribution is -2.05. The summed E-state index contributed by atoms with van der Waals surface area (Å²) in [6, 6.07) is 13.6. The summed E-state index contributed by atoms with van der Waals surface area (Å²) in [5, 5.41) is 5.42. The lowest BCUT2D eigenvalue weighted by molar-refractivity contribution is 0.631. The first-order valence-electron chi connectivity index (χ1n) is 6.30. The summed E-state index contributed by atoms with van der Waals surface area (Å²) in [4.78, 5) is 0. The molecule has 1 aromatic heterocycles. The van der Waals surface area contributed by atoms with Gasteiger partial charge in [0.15, 0.2) is 5.58 Å². The number of hydrogen-bond acceptors (Lipinski definition) is 2. The van der Waals surface area contributed by atoms with Crippen LogP contribution in [-0.2, 0) is 6.54 Å². The molecule has 20 heavy (non-hydrogen) atoms. The number of para-hydroxylation sites is 1. The second kappa shape index (κ2) is 5.49. The van der Waals surface area contributed by atoms with Crippen molar-refractivity contribution >= 4 is 34.2 Å². The average Bonchev–Trinajstić information content (AvgIpc) is 2.87. The molecule has 0 atom stereocenters. The van der Waals surface area contributed by atoms with Gasteiger partial charge in [-0.2, -0.15) is 0 Å². The van der Waals surface area contributed by atoms with E-state index in [-0.39, 0.29) is 0 Å². The summed E-state index contributed by atoms with van der Waals surface area (Å²) in [5.74, 6) is 0.769. The maximum Gasteiger partial charge on any atom is 0.153 e. The molecule has 102 valence electrons. The molecule has 0 fully saturated rings. The minimum Gasteiger partial charge on any atom is -0.455 e. The number of nitrogens with one attached hydrogen (secondary N) is 1. The van der Waals surface area contributed by atoms with Gasteiger partial charge >= 0.3 is 0 Å². The van der Waals surface area contributed by atoms with Gasteiger partial charge in [0.1, 0.15) is 5.76 Å². The van der Waals surface area contributed by atoms with E-state index in [2.05, 4.69) is 5.32 Å². The first-order chi connectivity index (χ1) is 9.69. The number of fused-ring (bicyclic) bond motifs is 1. The second-order valence-corrected chi connectivity index (χ2v) is 5.42. The quantitative estimate of drug-likeness (QED) is 0.726. The average molecular weight is 306 g/mol. The summed E-state index contributed by atoms with van der Waals surface area (Å²) in [6.45, 7) is 0.741. The zero-order valence-corrected chi connectivity index (χ0v) is 12.4. The van der Waals surface area contributed by atoms with Crippen molar-refractivity contribution < 1.29 is 4.42 Å². The van der Waals surface area contributed by atoms with Crippen LogP contribution >= 0.6 is 23.2 Å². The smallest absolute Gasteiger partial charge is 0.153 e. The Bertz CT molecular complexity index is 764. The van der Waals surface area contributed by atoms with Crippen molar-refractivity contribution in [3.8, 4) is 11.3 Å². The molecule has 0 saturated carbocycles. The number of furan rings is 1. The number of hydrogen-bond donors (Lipinski definition) is 1. The topological polar surface area (TPSA) is 25.2 Å². The third-order valence-electron chi connectivity index (χ3n) is 3.20. The zero-order chi connectivity index (χ0) is 14.1. The lowest BCUT2D eigenvalue weighted by Gasteiger charge is -2.05. The van der Waals surface area contributed by atoms with E-state index in [1.807, 2.05) is 49.5 Å². The molecule has 0 amide bonds. The summed E-state index contributed by atoms with van der Waals surface area (Å²) in [7, 11) is 1.89. The molecule has 0 aliphatic carbocycles. The Kier molecular flexibility index (Phi) is 3.70. The maximum atomic E-state index is 6.28. The van der Waals surface area contributed by atoms with E-state index in [1.165, 1.54) is 0 Å². The minimum absolute atomic E-state index is 0.617. The fraction of sp³-hybridized carbons (Fsp3) is 0.125. The van der Waals surface area contributed by atoms with Gasteiger partial charge in [-0.05, 0) is 30.8 Å². The number of halogens is 2. The Morgan fingerprint density at radius 2 is 1.90 bits per heavy atom. The van der Waals surface area contributed by atoms with Crippen LogP contribution in [0.5, 0.6) is 0 Å².